The van der Waals surface area contributed by atoms with Crippen molar-refractivity contribution in [3.63, 3.8) is 0 Å². The Kier molecular flexibility index (Phi) is 6.26. The lowest BCUT2D eigenvalue weighted by Gasteiger charge is -2.37. The van der Waals surface area contributed by atoms with Crippen LogP contribution in [0.3, 0.4) is 0 Å². The van der Waals surface area contributed by atoms with Gasteiger partial charge in [-0.15, -0.1) is 0 Å². The zero-order valence-corrected chi connectivity index (χ0v) is 16.0. The molecule has 1 atom stereocenters. The molecule has 0 bridgehead atoms. The van der Waals surface area contributed by atoms with E-state index >= 15 is 0 Å². The Hall–Kier alpha value is -2.51. The first-order valence-corrected chi connectivity index (χ1v) is 9.28. The lowest BCUT2D eigenvalue weighted by atomic mass is 10.1. The van der Waals surface area contributed by atoms with Crippen molar-refractivity contribution in [3.05, 3.63) is 64.7 Å². The van der Waals surface area contributed by atoms with Gasteiger partial charge in [0.25, 0.3) is 5.91 Å². The number of anilines is 1. The van der Waals surface area contributed by atoms with Gasteiger partial charge in [0.15, 0.2) is 0 Å². The maximum absolute atomic E-state index is 13.7. The minimum absolute atomic E-state index is 0.0620. The Labute approximate surface area is 166 Å². The van der Waals surface area contributed by atoms with Crippen LogP contribution in [-0.2, 0) is 4.79 Å². The summed E-state index contributed by atoms with van der Waals surface area (Å²) in [6.45, 7) is 3.66. The lowest BCUT2D eigenvalue weighted by molar-refractivity contribution is -0.121. The third kappa shape index (κ3) is 4.66. The number of hydrogen-bond acceptors (Lipinski definition) is 3. The quantitative estimate of drug-likeness (QED) is 0.845. The zero-order chi connectivity index (χ0) is 20.3. The highest BCUT2D eigenvalue weighted by atomic mass is 35.5. The monoisotopic (exact) mass is 407 g/mol. The van der Waals surface area contributed by atoms with Gasteiger partial charge >= 0.3 is 0 Å². The van der Waals surface area contributed by atoms with Crippen LogP contribution in [0.2, 0.25) is 5.02 Å². The summed E-state index contributed by atoms with van der Waals surface area (Å²) in [5.41, 5.74) is 0.464. The number of rotatable bonds is 4. The van der Waals surface area contributed by atoms with Crippen molar-refractivity contribution in [2.45, 2.75) is 13.0 Å². The Balaban J connectivity index is 1.56. The highest BCUT2D eigenvalue weighted by Crippen LogP contribution is 2.18. The van der Waals surface area contributed by atoms with E-state index < -0.39 is 17.7 Å². The van der Waals surface area contributed by atoms with Gasteiger partial charge in [0.2, 0.25) is 5.91 Å². The van der Waals surface area contributed by atoms with Crippen molar-refractivity contribution in [2.75, 3.05) is 31.5 Å². The number of nitrogens with one attached hydrogen (secondary N) is 1. The minimum Gasteiger partial charge on any atom is -0.336 e. The van der Waals surface area contributed by atoms with Gasteiger partial charge in [-0.3, -0.25) is 14.5 Å². The molecule has 2 amide bonds. The molecule has 0 aromatic heterocycles. The minimum atomic E-state index is -0.822. The highest BCUT2D eigenvalue weighted by molar-refractivity contribution is 6.30. The molecule has 1 N–H and O–H groups in total. The first-order chi connectivity index (χ1) is 13.3. The maximum Gasteiger partial charge on any atom is 0.253 e. The second-order valence-corrected chi connectivity index (χ2v) is 7.06. The van der Waals surface area contributed by atoms with Gasteiger partial charge in [0.1, 0.15) is 11.6 Å². The van der Waals surface area contributed by atoms with Crippen LogP contribution < -0.4 is 5.32 Å². The van der Waals surface area contributed by atoms with Crippen LogP contribution in [-0.4, -0.2) is 53.8 Å². The van der Waals surface area contributed by atoms with Gasteiger partial charge in [-0.25, -0.2) is 8.78 Å². The number of nitrogens with zero attached hydrogens (tertiary/aromatic N) is 2. The fourth-order valence-electron chi connectivity index (χ4n) is 3.11. The largest absolute Gasteiger partial charge is 0.336 e. The first-order valence-electron chi connectivity index (χ1n) is 8.90. The second kappa shape index (κ2) is 8.67. The normalized spacial score (nSPS) is 15.9. The molecule has 0 aliphatic carbocycles. The Morgan fingerprint density at radius 2 is 1.79 bits per heavy atom. The van der Waals surface area contributed by atoms with E-state index in [1.54, 1.807) is 36.1 Å². The van der Waals surface area contributed by atoms with Crippen LogP contribution in [0.4, 0.5) is 14.5 Å². The summed E-state index contributed by atoms with van der Waals surface area (Å²) in [6, 6.07) is 9.26. The van der Waals surface area contributed by atoms with E-state index in [1.807, 2.05) is 4.90 Å². The molecule has 148 valence electrons. The van der Waals surface area contributed by atoms with Crippen molar-refractivity contribution in [1.29, 1.82) is 0 Å². The predicted molar refractivity (Wildman–Crippen MR) is 103 cm³/mol. The summed E-state index contributed by atoms with van der Waals surface area (Å²) in [4.78, 5) is 28.6. The van der Waals surface area contributed by atoms with Gasteiger partial charge < -0.3 is 10.2 Å². The van der Waals surface area contributed by atoms with Crippen LogP contribution in [0.5, 0.6) is 0 Å². The average Bonchev–Trinajstić information content (AvgIpc) is 2.69. The molecule has 5 nitrogen and oxygen atoms in total. The van der Waals surface area contributed by atoms with E-state index in [9.17, 15) is 18.4 Å². The predicted octanol–water partition coefficient (Wildman–Crippen LogP) is 3.40. The Bertz CT molecular complexity index is 886. The molecule has 3 rings (SSSR count). The summed E-state index contributed by atoms with van der Waals surface area (Å²) in [5.74, 6) is -2.02. The van der Waals surface area contributed by atoms with Crippen LogP contribution >= 0.6 is 11.6 Å². The number of hydrogen-bond donors (Lipinski definition) is 1. The standard InChI is InChI=1S/C20H20ClF2N3O2/c1-13(19(27)24-18-6-5-16(22)12-17(18)23)25-7-9-26(10-8-25)20(28)14-3-2-4-15(21)11-14/h2-6,11-13H,7-10H2,1H3,(H,24,27). The number of carbonyl (C=O) groups excluding carboxylic acids is 2. The lowest BCUT2D eigenvalue weighted by Crippen LogP contribution is -2.54. The van der Waals surface area contributed by atoms with Gasteiger partial charge in [-0.1, -0.05) is 17.7 Å². The van der Waals surface area contributed by atoms with E-state index in [4.69, 9.17) is 11.6 Å². The van der Waals surface area contributed by atoms with Gasteiger partial charge in [0, 0.05) is 42.8 Å². The highest BCUT2D eigenvalue weighted by Gasteiger charge is 2.28. The summed E-state index contributed by atoms with van der Waals surface area (Å²) in [5, 5.41) is 2.99. The molecule has 0 saturated carbocycles. The maximum atomic E-state index is 13.7. The van der Waals surface area contributed by atoms with Crippen LogP contribution in [0, 0.1) is 11.6 Å². The summed E-state index contributed by atoms with van der Waals surface area (Å²) < 4.78 is 26.7. The van der Waals surface area contributed by atoms with Crippen molar-refractivity contribution >= 4 is 29.1 Å². The van der Waals surface area contributed by atoms with E-state index in [2.05, 4.69) is 5.32 Å². The zero-order valence-electron chi connectivity index (χ0n) is 15.3. The number of halogens is 3. The molecule has 2 aromatic carbocycles. The molecule has 8 heteroatoms. The third-order valence-corrected chi connectivity index (χ3v) is 5.02. The molecular formula is C20H20ClF2N3O2. The fraction of sp³-hybridized carbons (Fsp3) is 0.300. The third-order valence-electron chi connectivity index (χ3n) is 4.79. The topological polar surface area (TPSA) is 52.7 Å². The average molecular weight is 408 g/mol. The number of carbonyl (C=O) groups is 2. The Morgan fingerprint density at radius 3 is 2.43 bits per heavy atom. The smallest absolute Gasteiger partial charge is 0.253 e. The van der Waals surface area contributed by atoms with Crippen LogP contribution in [0.1, 0.15) is 17.3 Å². The molecule has 1 fully saturated rings. The molecule has 0 spiro atoms. The van der Waals surface area contributed by atoms with Crippen LogP contribution in [0.15, 0.2) is 42.5 Å². The first kappa shape index (κ1) is 20.2. The summed E-state index contributed by atoms with van der Waals surface area (Å²) in [7, 11) is 0. The van der Waals surface area contributed by atoms with E-state index in [0.717, 1.165) is 12.1 Å². The molecule has 1 aliphatic heterocycles. The second-order valence-electron chi connectivity index (χ2n) is 6.63. The molecule has 1 saturated heterocycles. The SMILES string of the molecule is CC(C(=O)Nc1ccc(F)cc1F)N1CCN(C(=O)c2cccc(Cl)c2)CC1. The summed E-state index contributed by atoms with van der Waals surface area (Å²) in [6.07, 6.45) is 0. The molecule has 1 heterocycles. The van der Waals surface area contributed by atoms with Crippen LogP contribution in [0.25, 0.3) is 0 Å². The molecular weight excluding hydrogens is 388 g/mol. The molecule has 0 radical (unpaired) electrons. The molecule has 28 heavy (non-hydrogen) atoms. The number of piperazine rings is 1. The van der Waals surface area contributed by atoms with E-state index in [-0.39, 0.29) is 17.5 Å². The van der Waals surface area contributed by atoms with E-state index in [0.29, 0.717) is 36.8 Å². The van der Waals surface area contributed by atoms with Crippen molar-refractivity contribution < 1.29 is 18.4 Å². The molecule has 2 aromatic rings. The van der Waals surface area contributed by atoms with Crippen molar-refractivity contribution in [1.82, 2.24) is 9.80 Å². The molecule has 1 unspecified atom stereocenters. The van der Waals surface area contributed by atoms with Gasteiger partial charge in [-0.05, 0) is 37.3 Å². The van der Waals surface area contributed by atoms with Gasteiger partial charge in [-0.2, -0.15) is 0 Å². The molecule has 1 aliphatic rings. The number of benzene rings is 2. The number of amides is 2. The van der Waals surface area contributed by atoms with Gasteiger partial charge in [0.05, 0.1) is 11.7 Å². The van der Waals surface area contributed by atoms with Crippen molar-refractivity contribution in [3.8, 4) is 0 Å². The Morgan fingerprint density at radius 1 is 1.07 bits per heavy atom. The summed E-state index contributed by atoms with van der Waals surface area (Å²) >= 11 is 5.94. The fourth-order valence-corrected chi connectivity index (χ4v) is 3.30. The van der Waals surface area contributed by atoms with Crippen molar-refractivity contribution in [2.24, 2.45) is 0 Å². The van der Waals surface area contributed by atoms with E-state index in [1.165, 1.54) is 6.07 Å².